The van der Waals surface area contributed by atoms with Crippen LogP contribution < -0.4 is 0 Å². The van der Waals surface area contributed by atoms with E-state index in [9.17, 15) is 10.5 Å². The minimum Gasteiger partial charge on any atom is -0.309 e. The second kappa shape index (κ2) is 15.8. The molecule has 3 heterocycles. The Morgan fingerprint density at radius 3 is 1.24 bits per heavy atom. The summed E-state index contributed by atoms with van der Waals surface area (Å²) in [7, 11) is 0. The van der Waals surface area contributed by atoms with Crippen LogP contribution in [0.2, 0.25) is 0 Å². The second-order valence-electron chi connectivity index (χ2n) is 16.4. The van der Waals surface area contributed by atoms with Crippen molar-refractivity contribution in [2.24, 2.45) is 0 Å². The van der Waals surface area contributed by atoms with Gasteiger partial charge in [-0.15, -0.1) is 0 Å². The number of nitriles is 2. The molecule has 0 saturated heterocycles. The van der Waals surface area contributed by atoms with Crippen LogP contribution in [-0.4, -0.2) is 19.1 Å². The zero-order valence-corrected chi connectivity index (χ0v) is 35.5. The third-order valence-electron chi connectivity index (χ3n) is 12.6. The van der Waals surface area contributed by atoms with E-state index in [1.807, 2.05) is 115 Å². The van der Waals surface area contributed by atoms with Gasteiger partial charge in [0.05, 0.1) is 56.7 Å². The molecule has 0 radical (unpaired) electrons. The van der Waals surface area contributed by atoms with E-state index in [2.05, 4.69) is 124 Å². The van der Waals surface area contributed by atoms with Gasteiger partial charge in [-0.25, -0.2) is 9.97 Å². The first-order valence-electron chi connectivity index (χ1n) is 21.8. The molecule has 0 aliphatic heterocycles. The first-order valence-corrected chi connectivity index (χ1v) is 21.8. The number of fused-ring (bicyclic) bond motifs is 6. The molecule has 0 bridgehead atoms. The van der Waals surface area contributed by atoms with Crippen molar-refractivity contribution in [3.63, 3.8) is 0 Å². The van der Waals surface area contributed by atoms with E-state index in [0.29, 0.717) is 28.1 Å². The summed E-state index contributed by atoms with van der Waals surface area (Å²) in [5.74, 6) is 0.644. The van der Waals surface area contributed by atoms with Gasteiger partial charge in [-0.2, -0.15) is 10.5 Å². The van der Waals surface area contributed by atoms with Crippen molar-refractivity contribution >= 4 is 43.6 Å². The summed E-state index contributed by atoms with van der Waals surface area (Å²) >= 11 is 0. The van der Waals surface area contributed by atoms with Crippen molar-refractivity contribution in [2.45, 2.75) is 0 Å². The normalized spacial score (nSPS) is 11.3. The Balaban J connectivity index is 0.890. The topological polar surface area (TPSA) is 83.2 Å². The molecule has 0 saturated carbocycles. The maximum Gasteiger partial charge on any atom is 0.160 e. The fraction of sp³-hybridized carbons (Fsp3) is 0. The van der Waals surface area contributed by atoms with Crippen LogP contribution >= 0.6 is 0 Å². The lowest BCUT2D eigenvalue weighted by molar-refractivity contribution is 1.17. The van der Waals surface area contributed by atoms with Crippen LogP contribution in [0, 0.1) is 22.7 Å². The van der Waals surface area contributed by atoms with Crippen LogP contribution in [0.25, 0.3) is 111 Å². The van der Waals surface area contributed by atoms with Crippen LogP contribution in [0.5, 0.6) is 0 Å². The molecule has 6 heteroatoms. The Labute approximate surface area is 380 Å². The van der Waals surface area contributed by atoms with Gasteiger partial charge in [0.2, 0.25) is 0 Å². The average molecular weight is 841 g/mol. The van der Waals surface area contributed by atoms with Gasteiger partial charge in [-0.05, 0) is 77.9 Å². The smallest absolute Gasteiger partial charge is 0.160 e. The standard InChI is InChI=1S/C60H36N6/c61-37-44-34-52(45(38-62)33-51(44)39-23-25-42(26-24-39)55-36-54(41-13-3-1-4-14-41)63-60(64-55)43-15-5-2-6-16-43)40-27-29-46(30-28-40)65-58-22-12-9-19-50(58)53-35-47(31-32-59(53)65)66-56-20-10-7-17-48(56)49-18-8-11-21-57(49)66/h1-36H. The van der Waals surface area contributed by atoms with Gasteiger partial charge in [0.1, 0.15) is 0 Å². The SMILES string of the molecule is N#Cc1cc(-c2ccc(-n3c4ccccc4c4cc(-n5c6ccccc6c6ccccc65)ccc43)cc2)c(C#N)cc1-c1ccc(-c2cc(-c3ccccc3)nc(-c3ccccc3)n2)cc1. The third-order valence-corrected chi connectivity index (χ3v) is 12.6. The maximum atomic E-state index is 10.5. The molecule has 3 aromatic heterocycles. The Morgan fingerprint density at radius 1 is 0.318 bits per heavy atom. The molecule has 66 heavy (non-hydrogen) atoms. The van der Waals surface area contributed by atoms with Crippen LogP contribution in [-0.2, 0) is 0 Å². The highest BCUT2D eigenvalue weighted by Crippen LogP contribution is 2.39. The van der Waals surface area contributed by atoms with Crippen molar-refractivity contribution < 1.29 is 0 Å². The Hall–Kier alpha value is -9.36. The van der Waals surface area contributed by atoms with Crippen molar-refractivity contribution in [3.05, 3.63) is 230 Å². The van der Waals surface area contributed by atoms with Gasteiger partial charge in [0.25, 0.3) is 0 Å². The van der Waals surface area contributed by atoms with Gasteiger partial charge in [-0.1, -0.05) is 152 Å². The lowest BCUT2D eigenvalue weighted by Crippen LogP contribution is -1.96. The molecular formula is C60H36N6. The number of benzene rings is 9. The van der Waals surface area contributed by atoms with Gasteiger partial charge < -0.3 is 9.13 Å². The quantitative estimate of drug-likeness (QED) is 0.160. The van der Waals surface area contributed by atoms with Crippen molar-refractivity contribution in [1.29, 1.82) is 10.5 Å². The molecule has 9 aromatic carbocycles. The summed E-state index contributed by atoms with van der Waals surface area (Å²) < 4.78 is 4.66. The van der Waals surface area contributed by atoms with E-state index in [1.165, 1.54) is 27.2 Å². The number of nitrogens with zero attached hydrogens (tertiary/aromatic N) is 6. The van der Waals surface area contributed by atoms with E-state index in [0.717, 1.165) is 67.0 Å². The van der Waals surface area contributed by atoms with Crippen LogP contribution in [0.1, 0.15) is 11.1 Å². The summed E-state index contributed by atoms with van der Waals surface area (Å²) in [6.45, 7) is 0. The molecule has 0 aliphatic carbocycles. The Morgan fingerprint density at radius 2 is 0.712 bits per heavy atom. The average Bonchev–Trinajstić information content (AvgIpc) is 3.91. The van der Waals surface area contributed by atoms with Gasteiger partial charge in [0, 0.05) is 60.7 Å². The second-order valence-corrected chi connectivity index (χ2v) is 16.4. The molecule has 0 fully saturated rings. The minimum absolute atomic E-state index is 0.488. The molecule has 6 nitrogen and oxygen atoms in total. The summed E-state index contributed by atoms with van der Waals surface area (Å²) in [4.78, 5) is 9.91. The van der Waals surface area contributed by atoms with Crippen molar-refractivity contribution in [1.82, 2.24) is 19.1 Å². The fourth-order valence-corrected chi connectivity index (χ4v) is 9.52. The molecule has 12 rings (SSSR count). The van der Waals surface area contributed by atoms with Crippen LogP contribution in [0.3, 0.4) is 0 Å². The highest BCUT2D eigenvalue weighted by Gasteiger charge is 2.19. The van der Waals surface area contributed by atoms with Crippen LogP contribution in [0.15, 0.2) is 218 Å². The highest BCUT2D eigenvalue weighted by atomic mass is 15.0. The molecule has 0 spiro atoms. The summed E-state index contributed by atoms with van der Waals surface area (Å²) in [5.41, 5.74) is 15.2. The number of hydrogen-bond acceptors (Lipinski definition) is 4. The van der Waals surface area contributed by atoms with E-state index in [1.54, 1.807) is 0 Å². The molecule has 0 unspecified atom stereocenters. The monoisotopic (exact) mass is 840 g/mol. The minimum atomic E-state index is 0.488. The number of rotatable bonds is 7. The van der Waals surface area contributed by atoms with E-state index < -0.39 is 0 Å². The van der Waals surface area contributed by atoms with E-state index in [-0.39, 0.29) is 0 Å². The summed E-state index contributed by atoms with van der Waals surface area (Å²) in [5, 5.41) is 25.9. The summed E-state index contributed by atoms with van der Waals surface area (Å²) in [6.07, 6.45) is 0. The maximum absolute atomic E-state index is 10.5. The Kier molecular flexibility index (Phi) is 9.16. The highest BCUT2D eigenvalue weighted by molar-refractivity contribution is 6.12. The molecule has 0 amide bonds. The lowest BCUT2D eigenvalue weighted by Gasteiger charge is -2.13. The predicted octanol–water partition coefficient (Wildman–Crippen LogP) is 14.7. The number of hydrogen-bond donors (Lipinski definition) is 0. The van der Waals surface area contributed by atoms with Crippen LogP contribution in [0.4, 0.5) is 0 Å². The largest absolute Gasteiger partial charge is 0.309 e. The molecule has 306 valence electrons. The number of para-hydroxylation sites is 3. The third kappa shape index (κ3) is 6.41. The lowest BCUT2D eigenvalue weighted by atomic mass is 9.91. The van der Waals surface area contributed by atoms with Gasteiger partial charge in [-0.3, -0.25) is 0 Å². The first kappa shape index (κ1) is 38.3. The van der Waals surface area contributed by atoms with Crippen molar-refractivity contribution in [2.75, 3.05) is 0 Å². The molecule has 0 N–H and O–H groups in total. The fourth-order valence-electron chi connectivity index (χ4n) is 9.52. The predicted molar refractivity (Wildman–Crippen MR) is 267 cm³/mol. The molecular weight excluding hydrogens is 805 g/mol. The zero-order chi connectivity index (χ0) is 44.1. The zero-order valence-electron chi connectivity index (χ0n) is 35.5. The van der Waals surface area contributed by atoms with E-state index in [4.69, 9.17) is 9.97 Å². The summed E-state index contributed by atoms with van der Waals surface area (Å²) in [6, 6.07) is 79.4. The van der Waals surface area contributed by atoms with Gasteiger partial charge in [0.15, 0.2) is 5.82 Å². The molecule has 0 atom stereocenters. The molecule has 12 aromatic rings. The van der Waals surface area contributed by atoms with E-state index >= 15 is 0 Å². The van der Waals surface area contributed by atoms with Gasteiger partial charge >= 0.3 is 0 Å². The molecule has 0 aliphatic rings. The van der Waals surface area contributed by atoms with Crippen molar-refractivity contribution in [3.8, 4) is 79.7 Å². The first-order chi connectivity index (χ1) is 32.6. The Bertz CT molecular complexity index is 3810. The number of aromatic nitrogens is 4.